The number of aromatic nitrogens is 6. The van der Waals surface area contributed by atoms with Crippen molar-refractivity contribution in [3.63, 3.8) is 0 Å². The lowest BCUT2D eigenvalue weighted by Gasteiger charge is -2.09. The summed E-state index contributed by atoms with van der Waals surface area (Å²) in [6.45, 7) is 4.56. The first-order chi connectivity index (χ1) is 26.4. The zero-order valence-corrected chi connectivity index (χ0v) is 29.8. The molecule has 0 fully saturated rings. The Kier molecular flexibility index (Phi) is 10.7. The highest BCUT2D eigenvalue weighted by Crippen LogP contribution is 2.21. The molecule has 2 aromatic carbocycles. The average Bonchev–Trinajstić information content (AvgIpc) is 3.22. The van der Waals surface area contributed by atoms with Gasteiger partial charge in [0.15, 0.2) is 11.3 Å². The molecule has 2 amide bonds. The molecule has 264 valence electrons. The van der Waals surface area contributed by atoms with Crippen LogP contribution in [0.4, 0.5) is 0 Å². The fraction of sp³-hybridized carbons (Fsp3) is 0.0909. The molecule has 6 aromatic heterocycles. The van der Waals surface area contributed by atoms with Gasteiger partial charge in [-0.2, -0.15) is 0 Å². The fourth-order valence-corrected chi connectivity index (χ4v) is 5.91. The van der Waals surface area contributed by atoms with Gasteiger partial charge in [0.2, 0.25) is 0 Å². The molecule has 0 radical (unpaired) electrons. The van der Waals surface area contributed by atoms with E-state index < -0.39 is 0 Å². The van der Waals surface area contributed by atoms with Crippen LogP contribution in [0.15, 0.2) is 146 Å². The molecule has 10 nitrogen and oxygen atoms in total. The van der Waals surface area contributed by atoms with Gasteiger partial charge in [-0.3, -0.25) is 19.6 Å². The summed E-state index contributed by atoms with van der Waals surface area (Å²) in [5.41, 5.74) is 10.3. The Morgan fingerprint density at radius 1 is 0.500 bits per heavy atom. The Labute approximate surface area is 312 Å². The van der Waals surface area contributed by atoms with Gasteiger partial charge >= 0.3 is 0 Å². The minimum absolute atomic E-state index is 0.135. The molecule has 2 N–H and O–H groups in total. The van der Waals surface area contributed by atoms with Crippen LogP contribution in [-0.4, -0.2) is 41.7 Å². The molecule has 0 bridgehead atoms. The minimum Gasteiger partial charge on any atom is -0.348 e. The smallest absolute Gasteiger partial charge is 0.253 e. The first-order valence-corrected chi connectivity index (χ1v) is 17.4. The third kappa shape index (κ3) is 8.46. The summed E-state index contributed by atoms with van der Waals surface area (Å²) in [4.78, 5) is 50.6. The van der Waals surface area contributed by atoms with Crippen LogP contribution >= 0.6 is 0 Å². The summed E-state index contributed by atoms with van der Waals surface area (Å²) < 4.78 is 0. The van der Waals surface area contributed by atoms with Crippen LogP contribution in [0, 0.1) is 13.8 Å². The molecule has 0 aliphatic rings. The normalized spacial score (nSPS) is 10.7. The Bertz CT molecular complexity index is 2360. The Morgan fingerprint density at radius 3 is 1.44 bits per heavy atom. The second-order valence-electron chi connectivity index (χ2n) is 12.6. The van der Waals surface area contributed by atoms with Crippen LogP contribution in [0.2, 0.25) is 0 Å². The number of carbonyl (C=O) groups is 2. The van der Waals surface area contributed by atoms with Crippen molar-refractivity contribution in [1.82, 2.24) is 40.5 Å². The summed E-state index contributed by atoms with van der Waals surface area (Å²) in [6.07, 6.45) is 10.5. The molecule has 0 aliphatic heterocycles. The molecule has 8 rings (SSSR count). The third-order valence-electron chi connectivity index (χ3n) is 8.87. The fourth-order valence-electron chi connectivity index (χ4n) is 5.91. The highest BCUT2D eigenvalue weighted by atomic mass is 16.2. The maximum Gasteiger partial charge on any atom is 0.253 e. The van der Waals surface area contributed by atoms with Crippen LogP contribution in [0.1, 0.15) is 43.2 Å². The summed E-state index contributed by atoms with van der Waals surface area (Å²) in [5, 5.41) is 7.65. The number of hydrogen-bond acceptors (Lipinski definition) is 8. The summed E-state index contributed by atoms with van der Waals surface area (Å²) in [5.74, 6) is -0.272. The molecule has 0 unspecified atom stereocenters. The monoisotopic (exact) mass is 708 g/mol. The molecule has 10 heteroatoms. The van der Waals surface area contributed by atoms with E-state index >= 15 is 0 Å². The number of nitrogens with zero attached hydrogens (tertiary/aromatic N) is 6. The van der Waals surface area contributed by atoms with E-state index in [0.29, 0.717) is 46.9 Å². The van der Waals surface area contributed by atoms with Crippen molar-refractivity contribution in [2.75, 3.05) is 0 Å². The highest BCUT2D eigenvalue weighted by molar-refractivity contribution is 5.99. The Morgan fingerprint density at radius 2 is 0.963 bits per heavy atom. The number of pyridine rings is 6. The lowest BCUT2D eigenvalue weighted by atomic mass is 10.1. The lowest BCUT2D eigenvalue weighted by Crippen LogP contribution is -2.24. The molecule has 0 saturated carbocycles. The number of carbonyl (C=O) groups excluding carboxylic acids is 2. The molecule has 0 aliphatic carbocycles. The number of benzene rings is 2. The number of rotatable bonds is 8. The SMILES string of the molecule is Cc1nc2ncccc2cc1C(=O)NCc1ccc(-c2cccnc2)cc1.Cc1nc2ncccc2cc1C(=O)NCc1ccc(-c2ccncc2)cc1. The van der Waals surface area contributed by atoms with Crippen LogP contribution in [0.25, 0.3) is 44.3 Å². The maximum atomic E-state index is 12.6. The van der Waals surface area contributed by atoms with Gasteiger partial charge in [-0.05, 0) is 102 Å². The molecule has 8 aromatic rings. The maximum absolute atomic E-state index is 12.6. The van der Waals surface area contributed by atoms with Gasteiger partial charge in [0.1, 0.15) is 0 Å². The van der Waals surface area contributed by atoms with Crippen molar-refractivity contribution < 1.29 is 9.59 Å². The van der Waals surface area contributed by atoms with E-state index in [9.17, 15) is 9.59 Å². The number of hydrogen-bond donors (Lipinski definition) is 2. The molecular formula is C44H36N8O2. The van der Waals surface area contributed by atoms with E-state index in [1.54, 1.807) is 31.0 Å². The van der Waals surface area contributed by atoms with Gasteiger partial charge in [0.25, 0.3) is 11.8 Å². The first kappa shape index (κ1) is 35.2. The lowest BCUT2D eigenvalue weighted by molar-refractivity contribution is 0.0942. The second kappa shape index (κ2) is 16.4. The van der Waals surface area contributed by atoms with Crippen molar-refractivity contribution in [3.05, 3.63) is 180 Å². The largest absolute Gasteiger partial charge is 0.348 e. The van der Waals surface area contributed by atoms with Crippen molar-refractivity contribution in [1.29, 1.82) is 0 Å². The quantitative estimate of drug-likeness (QED) is 0.163. The molecular weight excluding hydrogens is 673 g/mol. The number of fused-ring (bicyclic) bond motifs is 2. The van der Waals surface area contributed by atoms with Gasteiger partial charge in [-0.25, -0.2) is 19.9 Å². The summed E-state index contributed by atoms with van der Waals surface area (Å²) in [7, 11) is 0. The number of amides is 2. The number of aryl methyl sites for hydroxylation is 2. The molecule has 6 heterocycles. The molecule has 0 spiro atoms. The molecule has 0 atom stereocenters. The zero-order chi connectivity index (χ0) is 37.3. The zero-order valence-electron chi connectivity index (χ0n) is 29.8. The van der Waals surface area contributed by atoms with E-state index in [2.05, 4.69) is 40.5 Å². The highest BCUT2D eigenvalue weighted by Gasteiger charge is 2.13. The van der Waals surface area contributed by atoms with Crippen LogP contribution in [-0.2, 0) is 13.1 Å². The summed E-state index contributed by atoms with van der Waals surface area (Å²) >= 11 is 0. The van der Waals surface area contributed by atoms with Crippen LogP contribution in [0.5, 0.6) is 0 Å². The molecule has 54 heavy (non-hydrogen) atoms. The van der Waals surface area contributed by atoms with Crippen molar-refractivity contribution in [3.8, 4) is 22.3 Å². The average molecular weight is 709 g/mol. The van der Waals surface area contributed by atoms with Gasteiger partial charge in [0, 0.05) is 61.0 Å². The van der Waals surface area contributed by atoms with Crippen LogP contribution < -0.4 is 10.6 Å². The number of nitrogens with one attached hydrogen (secondary N) is 2. The van der Waals surface area contributed by atoms with Crippen LogP contribution in [0.3, 0.4) is 0 Å². The van der Waals surface area contributed by atoms with E-state index in [-0.39, 0.29) is 11.8 Å². The van der Waals surface area contributed by atoms with Gasteiger partial charge < -0.3 is 10.6 Å². The predicted octanol–water partition coefficient (Wildman–Crippen LogP) is 7.86. The van der Waals surface area contributed by atoms with Gasteiger partial charge in [-0.15, -0.1) is 0 Å². The standard InChI is InChI=1S/2C22H18N4O/c1-15-20(12-18-4-3-11-24-21(18)26-15)22(27)25-13-16-6-8-17(9-7-16)19-5-2-10-23-14-19;1-15-20(13-19-3-2-10-24-21(19)26-15)22(27)25-14-16-4-6-17(7-5-16)18-8-11-23-12-9-18/h2-12,14H,13H2,1H3,(H,25,27);2-13H,14H2,1H3,(H,25,27). The van der Waals surface area contributed by atoms with E-state index in [4.69, 9.17) is 0 Å². The Hall–Kier alpha value is -7.20. The van der Waals surface area contributed by atoms with Crippen molar-refractivity contribution >= 4 is 33.9 Å². The Balaban J connectivity index is 0.000000167. The van der Waals surface area contributed by atoms with Gasteiger partial charge in [-0.1, -0.05) is 54.6 Å². The third-order valence-corrected chi connectivity index (χ3v) is 8.87. The van der Waals surface area contributed by atoms with Crippen molar-refractivity contribution in [2.24, 2.45) is 0 Å². The van der Waals surface area contributed by atoms with Crippen molar-refractivity contribution in [2.45, 2.75) is 26.9 Å². The van der Waals surface area contributed by atoms with E-state index in [1.807, 2.05) is 129 Å². The second-order valence-corrected chi connectivity index (χ2v) is 12.6. The topological polar surface area (TPSA) is 136 Å². The van der Waals surface area contributed by atoms with E-state index in [0.717, 1.165) is 44.2 Å². The van der Waals surface area contributed by atoms with E-state index in [1.165, 1.54) is 0 Å². The summed E-state index contributed by atoms with van der Waals surface area (Å²) in [6, 6.07) is 35.3. The van der Waals surface area contributed by atoms with Gasteiger partial charge in [0.05, 0.1) is 22.5 Å². The first-order valence-electron chi connectivity index (χ1n) is 17.4. The minimum atomic E-state index is -0.137. The predicted molar refractivity (Wildman–Crippen MR) is 210 cm³/mol. The molecule has 0 saturated heterocycles.